The van der Waals surface area contributed by atoms with Gasteiger partial charge in [0.05, 0.1) is 6.61 Å². The number of hydrogen-bond donors (Lipinski definition) is 1. The lowest BCUT2D eigenvalue weighted by molar-refractivity contribution is 0.172. The Hall–Kier alpha value is -1.36. The molecule has 0 unspecified atom stereocenters. The van der Waals surface area contributed by atoms with Crippen molar-refractivity contribution in [1.29, 1.82) is 0 Å². The third-order valence-corrected chi connectivity index (χ3v) is 3.52. The summed E-state index contributed by atoms with van der Waals surface area (Å²) in [4.78, 5) is 0. The van der Waals surface area contributed by atoms with E-state index in [0.29, 0.717) is 13.2 Å². The first-order chi connectivity index (χ1) is 9.31. The monoisotopic (exact) mass is 278 g/mol. The molecule has 0 aliphatic heterocycles. The predicted molar refractivity (Wildman–Crippen MR) is 76.8 cm³/mol. The van der Waals surface area contributed by atoms with Crippen LogP contribution in [0.1, 0.15) is 23.7 Å². The van der Waals surface area contributed by atoms with E-state index in [1.807, 2.05) is 41.1 Å². The van der Waals surface area contributed by atoms with E-state index in [1.54, 1.807) is 18.4 Å². The first kappa shape index (κ1) is 14.1. The van der Waals surface area contributed by atoms with Gasteiger partial charge in [-0.25, -0.2) is 0 Å². The van der Waals surface area contributed by atoms with Gasteiger partial charge in [0.1, 0.15) is 11.9 Å². The molecule has 0 saturated carbocycles. The molecule has 2 rings (SSSR count). The Morgan fingerprint density at radius 3 is 2.53 bits per heavy atom. The molecule has 0 saturated heterocycles. The van der Waals surface area contributed by atoms with Crippen molar-refractivity contribution in [1.82, 2.24) is 0 Å². The molecule has 1 heterocycles. The lowest BCUT2D eigenvalue weighted by atomic mass is 10.0. The van der Waals surface area contributed by atoms with Crippen molar-refractivity contribution in [2.45, 2.75) is 12.5 Å². The van der Waals surface area contributed by atoms with Gasteiger partial charge >= 0.3 is 0 Å². The summed E-state index contributed by atoms with van der Waals surface area (Å²) in [7, 11) is 1.68. The average Bonchev–Trinajstić information content (AvgIpc) is 2.98. The van der Waals surface area contributed by atoms with Crippen LogP contribution in [0.4, 0.5) is 0 Å². The number of aliphatic hydroxyl groups excluding tert-OH is 1. The van der Waals surface area contributed by atoms with Crippen LogP contribution in [0.15, 0.2) is 41.1 Å². The summed E-state index contributed by atoms with van der Waals surface area (Å²) in [6, 6.07) is 9.50. The van der Waals surface area contributed by atoms with Gasteiger partial charge in [-0.15, -0.1) is 0 Å². The molecule has 0 bridgehead atoms. The average molecular weight is 278 g/mol. The fraction of sp³-hybridized carbons (Fsp3) is 0.333. The van der Waals surface area contributed by atoms with Crippen LogP contribution < -0.4 is 4.74 Å². The molecule has 1 aromatic carbocycles. The predicted octanol–water partition coefficient (Wildman–Crippen LogP) is 3.25. The highest BCUT2D eigenvalue weighted by Gasteiger charge is 2.10. The Balaban J connectivity index is 1.91. The minimum atomic E-state index is -0.561. The number of rotatable bonds is 7. The van der Waals surface area contributed by atoms with E-state index >= 15 is 0 Å². The molecule has 4 heteroatoms. The Bertz CT molecular complexity index is 465. The van der Waals surface area contributed by atoms with Crippen molar-refractivity contribution in [2.75, 3.05) is 20.3 Å². The van der Waals surface area contributed by atoms with E-state index in [2.05, 4.69) is 0 Å². The topological polar surface area (TPSA) is 38.7 Å². The SMILES string of the molecule is COCCCOc1ccc([C@H](O)c2ccsc2)cc1. The lowest BCUT2D eigenvalue weighted by Crippen LogP contribution is -2.02. The molecule has 0 radical (unpaired) electrons. The quantitative estimate of drug-likeness (QED) is 0.790. The standard InChI is InChI=1S/C15H18O3S/c1-17-8-2-9-18-14-5-3-12(4-6-14)15(16)13-7-10-19-11-13/h3-7,10-11,15-16H,2,8-9H2,1H3/t15-/m0/s1. The summed E-state index contributed by atoms with van der Waals surface area (Å²) < 4.78 is 10.5. The molecule has 0 fully saturated rings. The highest BCUT2D eigenvalue weighted by Crippen LogP contribution is 2.25. The van der Waals surface area contributed by atoms with Crippen molar-refractivity contribution < 1.29 is 14.6 Å². The van der Waals surface area contributed by atoms with Crippen LogP contribution in [0.2, 0.25) is 0 Å². The van der Waals surface area contributed by atoms with Gasteiger partial charge in [-0.05, 0) is 40.1 Å². The van der Waals surface area contributed by atoms with Gasteiger partial charge < -0.3 is 14.6 Å². The number of thiophene rings is 1. The molecule has 0 spiro atoms. The molecule has 0 aliphatic rings. The number of aliphatic hydroxyl groups is 1. The maximum absolute atomic E-state index is 10.2. The van der Waals surface area contributed by atoms with Crippen LogP contribution in [-0.2, 0) is 4.74 Å². The highest BCUT2D eigenvalue weighted by atomic mass is 32.1. The van der Waals surface area contributed by atoms with E-state index in [0.717, 1.165) is 23.3 Å². The van der Waals surface area contributed by atoms with Gasteiger partial charge in [-0.2, -0.15) is 11.3 Å². The van der Waals surface area contributed by atoms with Crippen molar-refractivity contribution >= 4 is 11.3 Å². The maximum Gasteiger partial charge on any atom is 0.119 e. The molecule has 19 heavy (non-hydrogen) atoms. The van der Waals surface area contributed by atoms with E-state index in [9.17, 15) is 5.11 Å². The third kappa shape index (κ3) is 4.06. The van der Waals surface area contributed by atoms with Crippen LogP contribution in [-0.4, -0.2) is 25.4 Å². The van der Waals surface area contributed by atoms with Gasteiger partial charge in [-0.1, -0.05) is 12.1 Å². The maximum atomic E-state index is 10.2. The van der Waals surface area contributed by atoms with Crippen molar-refractivity contribution in [2.24, 2.45) is 0 Å². The third-order valence-electron chi connectivity index (χ3n) is 2.82. The normalized spacial score (nSPS) is 12.3. The Morgan fingerprint density at radius 1 is 1.11 bits per heavy atom. The van der Waals surface area contributed by atoms with Crippen LogP contribution in [0.3, 0.4) is 0 Å². The zero-order valence-electron chi connectivity index (χ0n) is 10.9. The lowest BCUT2D eigenvalue weighted by Gasteiger charge is -2.11. The summed E-state index contributed by atoms with van der Waals surface area (Å²) in [5.41, 5.74) is 1.81. The van der Waals surface area contributed by atoms with Crippen LogP contribution in [0, 0.1) is 0 Å². The second-order valence-corrected chi connectivity index (χ2v) is 5.00. The summed E-state index contributed by atoms with van der Waals surface area (Å²) >= 11 is 1.58. The molecular weight excluding hydrogens is 260 g/mol. The van der Waals surface area contributed by atoms with E-state index < -0.39 is 6.10 Å². The first-order valence-corrected chi connectivity index (χ1v) is 7.17. The Labute approximate surface area is 117 Å². The zero-order chi connectivity index (χ0) is 13.5. The Kier molecular flexibility index (Phi) is 5.39. The molecule has 0 amide bonds. The fourth-order valence-electron chi connectivity index (χ4n) is 1.76. The summed E-state index contributed by atoms with van der Waals surface area (Å²) in [5.74, 6) is 0.817. The molecule has 3 nitrogen and oxygen atoms in total. The van der Waals surface area contributed by atoms with Crippen molar-refractivity contribution in [3.05, 3.63) is 52.2 Å². The number of ether oxygens (including phenoxy) is 2. The molecule has 2 aromatic rings. The smallest absolute Gasteiger partial charge is 0.119 e. The van der Waals surface area contributed by atoms with Gasteiger partial charge in [0.2, 0.25) is 0 Å². The largest absolute Gasteiger partial charge is 0.494 e. The van der Waals surface area contributed by atoms with E-state index in [-0.39, 0.29) is 0 Å². The first-order valence-electron chi connectivity index (χ1n) is 6.23. The summed E-state index contributed by atoms with van der Waals surface area (Å²) in [6.45, 7) is 1.34. The van der Waals surface area contributed by atoms with E-state index in [4.69, 9.17) is 9.47 Å². The molecule has 1 atom stereocenters. The number of hydrogen-bond acceptors (Lipinski definition) is 4. The highest BCUT2D eigenvalue weighted by molar-refractivity contribution is 7.07. The van der Waals surface area contributed by atoms with Crippen molar-refractivity contribution in [3.63, 3.8) is 0 Å². The van der Waals surface area contributed by atoms with Gasteiger partial charge in [0.25, 0.3) is 0 Å². The van der Waals surface area contributed by atoms with Crippen LogP contribution in [0.5, 0.6) is 5.75 Å². The van der Waals surface area contributed by atoms with E-state index in [1.165, 1.54) is 0 Å². The minimum absolute atomic E-state index is 0.561. The van der Waals surface area contributed by atoms with Crippen molar-refractivity contribution in [3.8, 4) is 5.75 Å². The molecule has 1 aromatic heterocycles. The molecule has 0 aliphatic carbocycles. The summed E-state index contributed by atoms with van der Waals surface area (Å²) in [5, 5.41) is 14.1. The number of methoxy groups -OCH3 is 1. The molecule has 102 valence electrons. The summed E-state index contributed by atoms with van der Waals surface area (Å²) in [6.07, 6.45) is 0.310. The second kappa shape index (κ2) is 7.28. The van der Waals surface area contributed by atoms with Crippen LogP contribution >= 0.6 is 11.3 Å². The van der Waals surface area contributed by atoms with Gasteiger partial charge in [-0.3, -0.25) is 0 Å². The number of benzene rings is 1. The molecule has 1 N–H and O–H groups in total. The molecular formula is C15H18O3S. The van der Waals surface area contributed by atoms with Crippen LogP contribution in [0.25, 0.3) is 0 Å². The zero-order valence-corrected chi connectivity index (χ0v) is 11.7. The Morgan fingerprint density at radius 2 is 1.89 bits per heavy atom. The van der Waals surface area contributed by atoms with Gasteiger partial charge in [0, 0.05) is 20.1 Å². The minimum Gasteiger partial charge on any atom is -0.494 e. The van der Waals surface area contributed by atoms with Gasteiger partial charge in [0.15, 0.2) is 0 Å². The fourth-order valence-corrected chi connectivity index (χ4v) is 2.44. The second-order valence-electron chi connectivity index (χ2n) is 4.22.